The Labute approximate surface area is 125 Å². The van der Waals surface area contributed by atoms with Gasteiger partial charge in [-0.2, -0.15) is 0 Å². The van der Waals surface area contributed by atoms with Crippen molar-refractivity contribution < 1.29 is 9.59 Å². The first-order chi connectivity index (χ1) is 9.49. The third kappa shape index (κ3) is 4.62. The molecule has 0 saturated heterocycles. The summed E-state index contributed by atoms with van der Waals surface area (Å²) in [6, 6.07) is 6.47. The maximum absolute atomic E-state index is 12.4. The summed E-state index contributed by atoms with van der Waals surface area (Å²) in [6.07, 6.45) is 0. The molecule has 1 N–H and O–H groups in total. The number of benzene rings is 1. The van der Waals surface area contributed by atoms with Gasteiger partial charge in [-0.05, 0) is 44.7 Å². The number of nitrogens with one attached hydrogen (secondary N) is 1. The molecular formula is C15H21ClN2O2. The molecule has 1 amide bonds. The van der Waals surface area contributed by atoms with E-state index in [1.54, 1.807) is 24.3 Å². The smallest absolute Gasteiger partial charge is 0.234 e. The number of hydrogen-bond donors (Lipinski definition) is 1. The number of halogens is 1. The van der Waals surface area contributed by atoms with Gasteiger partial charge in [-0.25, -0.2) is 0 Å². The molecular weight excluding hydrogens is 276 g/mol. The van der Waals surface area contributed by atoms with E-state index < -0.39 is 0 Å². The minimum Gasteiger partial charge on any atom is -0.355 e. The Morgan fingerprint density at radius 1 is 1.25 bits per heavy atom. The van der Waals surface area contributed by atoms with Crippen LogP contribution in [0.5, 0.6) is 0 Å². The number of carbonyl (C=O) groups is 2. The Morgan fingerprint density at radius 2 is 1.85 bits per heavy atom. The molecule has 1 rings (SSSR count). The van der Waals surface area contributed by atoms with Gasteiger partial charge in [-0.1, -0.05) is 18.5 Å². The molecule has 1 aromatic carbocycles. The fourth-order valence-corrected chi connectivity index (χ4v) is 2.11. The highest BCUT2D eigenvalue weighted by Gasteiger charge is 2.22. The Hall–Kier alpha value is -1.39. The van der Waals surface area contributed by atoms with Crippen LogP contribution in [0.1, 0.15) is 31.1 Å². The molecule has 20 heavy (non-hydrogen) atoms. The van der Waals surface area contributed by atoms with Crippen LogP contribution in [0.4, 0.5) is 0 Å². The van der Waals surface area contributed by atoms with E-state index in [1.807, 2.05) is 25.7 Å². The Kier molecular flexibility index (Phi) is 6.68. The van der Waals surface area contributed by atoms with E-state index in [2.05, 4.69) is 5.32 Å². The summed E-state index contributed by atoms with van der Waals surface area (Å²) < 4.78 is 0. The molecule has 0 heterocycles. The second-order valence-electron chi connectivity index (χ2n) is 4.56. The van der Waals surface area contributed by atoms with Crippen LogP contribution in [0.3, 0.4) is 0 Å². The highest BCUT2D eigenvalue weighted by molar-refractivity contribution is 6.30. The van der Waals surface area contributed by atoms with Crippen LogP contribution in [0.25, 0.3) is 0 Å². The molecule has 1 atom stereocenters. The van der Waals surface area contributed by atoms with Crippen LogP contribution in [-0.4, -0.2) is 42.3 Å². The van der Waals surface area contributed by atoms with Crippen LogP contribution >= 0.6 is 11.6 Å². The lowest BCUT2D eigenvalue weighted by atomic mass is 10.0. The molecule has 5 heteroatoms. The second-order valence-corrected chi connectivity index (χ2v) is 5.00. The molecule has 1 unspecified atom stereocenters. The SMILES string of the molecule is CCNC(=O)CN(CC)C(C)C(=O)c1ccc(Cl)cc1. The molecule has 0 saturated carbocycles. The number of rotatable bonds is 7. The molecule has 1 aromatic rings. The zero-order valence-corrected chi connectivity index (χ0v) is 12.9. The summed E-state index contributed by atoms with van der Waals surface area (Å²) in [7, 11) is 0. The molecule has 0 aliphatic carbocycles. The van der Waals surface area contributed by atoms with E-state index in [-0.39, 0.29) is 24.3 Å². The zero-order chi connectivity index (χ0) is 15.1. The predicted molar refractivity (Wildman–Crippen MR) is 81.2 cm³/mol. The van der Waals surface area contributed by atoms with Crippen molar-refractivity contribution in [3.8, 4) is 0 Å². The van der Waals surface area contributed by atoms with Gasteiger partial charge in [0.25, 0.3) is 0 Å². The Bertz CT molecular complexity index is 459. The fourth-order valence-electron chi connectivity index (χ4n) is 1.98. The molecule has 0 aliphatic rings. The first kappa shape index (κ1) is 16.7. The molecule has 0 fully saturated rings. The Morgan fingerprint density at radius 3 is 2.35 bits per heavy atom. The van der Waals surface area contributed by atoms with Gasteiger partial charge >= 0.3 is 0 Å². The van der Waals surface area contributed by atoms with Crippen molar-refractivity contribution in [1.82, 2.24) is 10.2 Å². The van der Waals surface area contributed by atoms with Crippen molar-refractivity contribution in [1.29, 1.82) is 0 Å². The number of amides is 1. The van der Waals surface area contributed by atoms with E-state index in [1.165, 1.54) is 0 Å². The average molecular weight is 297 g/mol. The summed E-state index contributed by atoms with van der Waals surface area (Å²) in [6.45, 7) is 7.08. The van der Waals surface area contributed by atoms with E-state index >= 15 is 0 Å². The van der Waals surface area contributed by atoms with Crippen molar-refractivity contribution >= 4 is 23.3 Å². The number of carbonyl (C=O) groups excluding carboxylic acids is 2. The van der Waals surface area contributed by atoms with E-state index in [0.717, 1.165) is 0 Å². The standard InChI is InChI=1S/C15H21ClN2O2/c1-4-17-14(19)10-18(5-2)11(3)15(20)12-6-8-13(16)9-7-12/h6-9,11H,4-5,10H2,1-3H3,(H,17,19). The molecule has 0 spiro atoms. The maximum Gasteiger partial charge on any atom is 0.234 e. The van der Waals surface area contributed by atoms with Crippen LogP contribution in [0.15, 0.2) is 24.3 Å². The topological polar surface area (TPSA) is 49.4 Å². The number of hydrogen-bond acceptors (Lipinski definition) is 3. The largest absolute Gasteiger partial charge is 0.355 e. The zero-order valence-electron chi connectivity index (χ0n) is 12.1. The van der Waals surface area contributed by atoms with Gasteiger partial charge in [0.1, 0.15) is 0 Å². The Balaban J connectivity index is 2.74. The molecule has 110 valence electrons. The molecule has 0 aromatic heterocycles. The lowest BCUT2D eigenvalue weighted by Gasteiger charge is -2.26. The number of likely N-dealkylation sites (N-methyl/N-ethyl adjacent to an activating group) is 2. The second kappa shape index (κ2) is 8.02. The third-order valence-electron chi connectivity index (χ3n) is 3.18. The summed E-state index contributed by atoms with van der Waals surface area (Å²) in [5.74, 6) is -0.0714. The van der Waals surface area contributed by atoms with Gasteiger partial charge in [0.2, 0.25) is 5.91 Å². The van der Waals surface area contributed by atoms with Crippen LogP contribution in [0, 0.1) is 0 Å². The highest BCUT2D eigenvalue weighted by atomic mass is 35.5. The molecule has 0 bridgehead atoms. The van der Waals surface area contributed by atoms with Crippen LogP contribution in [0.2, 0.25) is 5.02 Å². The van der Waals surface area contributed by atoms with E-state index in [9.17, 15) is 9.59 Å². The summed E-state index contributed by atoms with van der Waals surface area (Å²) >= 11 is 5.81. The van der Waals surface area contributed by atoms with E-state index in [0.29, 0.717) is 23.7 Å². The summed E-state index contributed by atoms with van der Waals surface area (Å²) in [4.78, 5) is 25.9. The lowest BCUT2D eigenvalue weighted by Crippen LogP contribution is -2.45. The molecule has 4 nitrogen and oxygen atoms in total. The monoisotopic (exact) mass is 296 g/mol. The highest BCUT2D eigenvalue weighted by Crippen LogP contribution is 2.13. The fraction of sp³-hybridized carbons (Fsp3) is 0.467. The number of nitrogens with zero attached hydrogens (tertiary/aromatic N) is 1. The molecule has 0 aliphatic heterocycles. The maximum atomic E-state index is 12.4. The van der Waals surface area contributed by atoms with Gasteiger partial charge in [0.05, 0.1) is 12.6 Å². The lowest BCUT2D eigenvalue weighted by molar-refractivity contribution is -0.122. The van der Waals surface area contributed by atoms with Crippen LogP contribution in [-0.2, 0) is 4.79 Å². The van der Waals surface area contributed by atoms with Gasteiger partial charge < -0.3 is 5.32 Å². The van der Waals surface area contributed by atoms with Crippen LogP contribution < -0.4 is 5.32 Å². The number of ketones is 1. The van der Waals surface area contributed by atoms with Gasteiger partial charge in [-0.3, -0.25) is 14.5 Å². The van der Waals surface area contributed by atoms with Gasteiger partial charge in [-0.15, -0.1) is 0 Å². The molecule has 0 radical (unpaired) electrons. The first-order valence-electron chi connectivity index (χ1n) is 6.80. The van der Waals surface area contributed by atoms with Crippen molar-refractivity contribution in [3.05, 3.63) is 34.9 Å². The van der Waals surface area contributed by atoms with Gasteiger partial charge in [0.15, 0.2) is 5.78 Å². The quantitative estimate of drug-likeness (QED) is 0.786. The van der Waals surface area contributed by atoms with E-state index in [4.69, 9.17) is 11.6 Å². The summed E-state index contributed by atoms with van der Waals surface area (Å²) in [5.41, 5.74) is 0.608. The third-order valence-corrected chi connectivity index (χ3v) is 3.43. The minimum absolute atomic E-state index is 0.00665. The predicted octanol–water partition coefficient (Wildman–Crippen LogP) is 2.37. The van der Waals surface area contributed by atoms with Gasteiger partial charge in [0, 0.05) is 17.1 Å². The summed E-state index contributed by atoms with van der Waals surface area (Å²) in [5, 5.41) is 3.34. The van der Waals surface area contributed by atoms with Crippen molar-refractivity contribution in [2.24, 2.45) is 0 Å². The van der Waals surface area contributed by atoms with Crippen molar-refractivity contribution in [2.45, 2.75) is 26.8 Å². The normalized spacial score (nSPS) is 12.2. The minimum atomic E-state index is -0.344. The first-order valence-corrected chi connectivity index (χ1v) is 7.17. The average Bonchev–Trinajstić information content (AvgIpc) is 2.44. The number of Topliss-reactive ketones (excluding diaryl/α,β-unsaturated/α-hetero) is 1. The van der Waals surface area contributed by atoms with Crippen molar-refractivity contribution in [2.75, 3.05) is 19.6 Å². The van der Waals surface area contributed by atoms with Crippen molar-refractivity contribution in [3.63, 3.8) is 0 Å².